The van der Waals surface area contributed by atoms with Gasteiger partial charge in [0.25, 0.3) is 0 Å². The maximum atomic E-state index is 11.8. The average Bonchev–Trinajstić information content (AvgIpc) is 2.79. The van der Waals surface area contributed by atoms with Crippen LogP contribution in [0.1, 0.15) is 16.8 Å². The number of hydrogen-bond acceptors (Lipinski definition) is 4. The molecule has 1 heterocycles. The van der Waals surface area contributed by atoms with Gasteiger partial charge in [-0.2, -0.15) is 5.26 Å². The van der Waals surface area contributed by atoms with Gasteiger partial charge in [0.2, 0.25) is 5.91 Å². The molecule has 18 heavy (non-hydrogen) atoms. The summed E-state index contributed by atoms with van der Waals surface area (Å²) in [7, 11) is 1.29. The Morgan fingerprint density at radius 2 is 2.22 bits per heavy atom. The van der Waals surface area contributed by atoms with Crippen LogP contribution in [0.25, 0.3) is 0 Å². The third-order valence-corrected chi connectivity index (χ3v) is 2.91. The van der Waals surface area contributed by atoms with E-state index in [0.29, 0.717) is 17.8 Å². The minimum atomic E-state index is -0.487. The number of amides is 1. The van der Waals surface area contributed by atoms with Crippen LogP contribution in [-0.2, 0) is 9.53 Å². The Kier molecular flexibility index (Phi) is 3.28. The van der Waals surface area contributed by atoms with Gasteiger partial charge >= 0.3 is 5.97 Å². The zero-order valence-electron chi connectivity index (χ0n) is 9.92. The summed E-state index contributed by atoms with van der Waals surface area (Å²) in [5.74, 6) is -0.945. The van der Waals surface area contributed by atoms with Crippen LogP contribution < -0.4 is 4.90 Å². The van der Waals surface area contributed by atoms with E-state index >= 15 is 0 Å². The van der Waals surface area contributed by atoms with Crippen LogP contribution in [-0.4, -0.2) is 25.5 Å². The molecule has 0 bridgehead atoms. The summed E-state index contributed by atoms with van der Waals surface area (Å²) in [5.41, 5.74) is 0.846. The first kappa shape index (κ1) is 12.1. The molecule has 0 saturated carbocycles. The summed E-state index contributed by atoms with van der Waals surface area (Å²) >= 11 is 0. The Bertz CT molecular complexity index is 533. The van der Waals surface area contributed by atoms with Crippen molar-refractivity contribution < 1.29 is 14.3 Å². The third-order valence-electron chi connectivity index (χ3n) is 2.91. The summed E-state index contributed by atoms with van der Waals surface area (Å²) in [5, 5.41) is 8.85. The van der Waals surface area contributed by atoms with E-state index in [1.165, 1.54) is 12.0 Å². The molecule has 5 nitrogen and oxygen atoms in total. The summed E-state index contributed by atoms with van der Waals surface area (Å²) in [6, 6.07) is 8.82. The Hall–Kier alpha value is -2.35. The van der Waals surface area contributed by atoms with Crippen LogP contribution in [0.15, 0.2) is 24.3 Å². The number of benzene rings is 1. The maximum Gasteiger partial charge on any atom is 0.339 e. The van der Waals surface area contributed by atoms with Crippen molar-refractivity contribution in [1.82, 2.24) is 0 Å². The van der Waals surface area contributed by atoms with Crippen LogP contribution in [0.3, 0.4) is 0 Å². The van der Waals surface area contributed by atoms with Crippen molar-refractivity contribution in [2.75, 3.05) is 18.6 Å². The van der Waals surface area contributed by atoms with Crippen LogP contribution >= 0.6 is 0 Å². The predicted molar refractivity (Wildman–Crippen MR) is 63.9 cm³/mol. The number of carbonyl (C=O) groups excluding carboxylic acids is 2. The van der Waals surface area contributed by atoms with Crippen molar-refractivity contribution >= 4 is 17.6 Å². The molecule has 0 N–H and O–H groups in total. The molecular formula is C13H12N2O3. The van der Waals surface area contributed by atoms with Gasteiger partial charge in [-0.1, -0.05) is 12.1 Å². The Balaban J connectivity index is 2.37. The van der Waals surface area contributed by atoms with E-state index in [-0.39, 0.29) is 18.2 Å². The molecule has 92 valence electrons. The second-order valence-corrected chi connectivity index (χ2v) is 4.04. The summed E-state index contributed by atoms with van der Waals surface area (Å²) in [4.78, 5) is 24.9. The topological polar surface area (TPSA) is 70.4 Å². The number of carbonyl (C=O) groups is 2. The number of nitriles is 1. The van der Waals surface area contributed by atoms with Gasteiger partial charge in [-0.15, -0.1) is 0 Å². The van der Waals surface area contributed by atoms with Crippen molar-refractivity contribution in [1.29, 1.82) is 5.26 Å². The van der Waals surface area contributed by atoms with Crippen LogP contribution in [0, 0.1) is 17.2 Å². The fourth-order valence-electron chi connectivity index (χ4n) is 2.02. The molecule has 0 radical (unpaired) electrons. The van der Waals surface area contributed by atoms with Gasteiger partial charge in [0.1, 0.15) is 0 Å². The quantitative estimate of drug-likeness (QED) is 0.736. The van der Waals surface area contributed by atoms with Crippen LogP contribution in [0.2, 0.25) is 0 Å². The van der Waals surface area contributed by atoms with Gasteiger partial charge in [0.05, 0.1) is 30.3 Å². The van der Waals surface area contributed by atoms with Gasteiger partial charge in [-0.3, -0.25) is 4.79 Å². The number of rotatable bonds is 2. The highest BCUT2D eigenvalue weighted by Crippen LogP contribution is 2.28. The van der Waals surface area contributed by atoms with Crippen LogP contribution in [0.5, 0.6) is 0 Å². The molecule has 0 spiro atoms. The van der Waals surface area contributed by atoms with E-state index in [4.69, 9.17) is 5.26 Å². The zero-order chi connectivity index (χ0) is 13.1. The number of hydrogen-bond donors (Lipinski definition) is 0. The van der Waals surface area contributed by atoms with Crippen molar-refractivity contribution in [3.63, 3.8) is 0 Å². The van der Waals surface area contributed by atoms with Gasteiger partial charge in [0, 0.05) is 13.0 Å². The van der Waals surface area contributed by atoms with Crippen molar-refractivity contribution in [3.8, 4) is 6.07 Å². The van der Waals surface area contributed by atoms with Gasteiger partial charge in [-0.25, -0.2) is 4.79 Å². The van der Waals surface area contributed by atoms with E-state index in [9.17, 15) is 9.59 Å². The number of nitrogens with zero attached hydrogens (tertiary/aromatic N) is 2. The van der Waals surface area contributed by atoms with Gasteiger partial charge in [-0.05, 0) is 12.1 Å². The van der Waals surface area contributed by atoms with E-state index < -0.39 is 5.97 Å². The van der Waals surface area contributed by atoms with Gasteiger partial charge in [0.15, 0.2) is 0 Å². The molecule has 1 aromatic carbocycles. The van der Waals surface area contributed by atoms with E-state index in [1.54, 1.807) is 24.3 Å². The highest BCUT2D eigenvalue weighted by Gasteiger charge is 2.32. The monoisotopic (exact) mass is 244 g/mol. The lowest BCUT2D eigenvalue weighted by Gasteiger charge is -2.18. The molecule has 1 aliphatic rings. The fraction of sp³-hybridized carbons (Fsp3) is 0.308. The molecule has 1 atom stereocenters. The minimum Gasteiger partial charge on any atom is -0.465 e. The molecule has 1 unspecified atom stereocenters. The second-order valence-electron chi connectivity index (χ2n) is 4.04. The normalized spacial score (nSPS) is 18.6. The fourth-order valence-corrected chi connectivity index (χ4v) is 2.02. The van der Waals surface area contributed by atoms with Gasteiger partial charge < -0.3 is 9.64 Å². The van der Waals surface area contributed by atoms with Crippen LogP contribution in [0.4, 0.5) is 5.69 Å². The number of anilines is 1. The molecule has 0 aliphatic carbocycles. The summed E-state index contributed by atoms with van der Waals surface area (Å²) in [6.07, 6.45) is 0.200. The molecule has 5 heteroatoms. The van der Waals surface area contributed by atoms with Crippen molar-refractivity contribution in [3.05, 3.63) is 29.8 Å². The number of para-hydroxylation sites is 1. The highest BCUT2D eigenvalue weighted by atomic mass is 16.5. The zero-order valence-corrected chi connectivity index (χ0v) is 9.92. The smallest absolute Gasteiger partial charge is 0.339 e. The Morgan fingerprint density at radius 1 is 1.50 bits per heavy atom. The molecule has 1 saturated heterocycles. The molecule has 1 fully saturated rings. The first-order valence-corrected chi connectivity index (χ1v) is 5.54. The lowest BCUT2D eigenvalue weighted by Crippen LogP contribution is -2.26. The molecule has 2 rings (SSSR count). The summed E-state index contributed by atoms with van der Waals surface area (Å²) in [6.45, 7) is 0.323. The first-order chi connectivity index (χ1) is 8.67. The Morgan fingerprint density at radius 3 is 2.83 bits per heavy atom. The lowest BCUT2D eigenvalue weighted by atomic mass is 10.1. The van der Waals surface area contributed by atoms with E-state index in [2.05, 4.69) is 10.8 Å². The molecular weight excluding hydrogens is 232 g/mol. The largest absolute Gasteiger partial charge is 0.465 e. The Labute approximate surface area is 105 Å². The molecule has 1 amide bonds. The average molecular weight is 244 g/mol. The van der Waals surface area contributed by atoms with E-state index in [1.807, 2.05) is 0 Å². The number of methoxy groups -OCH3 is 1. The van der Waals surface area contributed by atoms with Crippen molar-refractivity contribution in [2.45, 2.75) is 6.42 Å². The number of esters is 1. The summed E-state index contributed by atoms with van der Waals surface area (Å²) < 4.78 is 4.68. The maximum absolute atomic E-state index is 11.8. The van der Waals surface area contributed by atoms with Crippen molar-refractivity contribution in [2.24, 2.45) is 5.92 Å². The second kappa shape index (κ2) is 4.88. The molecule has 1 aliphatic heterocycles. The molecule has 1 aromatic rings. The SMILES string of the molecule is COC(=O)c1ccccc1N1CC(C#N)CC1=O. The lowest BCUT2D eigenvalue weighted by molar-refractivity contribution is -0.117. The standard InChI is InChI=1S/C13H12N2O3/c1-18-13(17)10-4-2-3-5-11(10)15-8-9(7-14)6-12(15)16/h2-5,9H,6,8H2,1H3. The number of ether oxygens (including phenoxy) is 1. The van der Waals surface area contributed by atoms with E-state index in [0.717, 1.165) is 0 Å². The third kappa shape index (κ3) is 2.05. The minimum absolute atomic E-state index is 0.141. The first-order valence-electron chi connectivity index (χ1n) is 5.54. The molecule has 0 aromatic heterocycles. The predicted octanol–water partition coefficient (Wildman–Crippen LogP) is 1.35. The highest BCUT2D eigenvalue weighted by molar-refractivity contribution is 6.03.